The Bertz CT molecular complexity index is 1200. The van der Waals surface area contributed by atoms with Crippen molar-refractivity contribution in [1.29, 1.82) is 0 Å². The summed E-state index contributed by atoms with van der Waals surface area (Å²) >= 11 is 0. The lowest BCUT2D eigenvalue weighted by molar-refractivity contribution is 0.0796. The van der Waals surface area contributed by atoms with Crippen LogP contribution in [0.1, 0.15) is 46.0 Å². The largest absolute Gasteiger partial charge is 0.427 e. The van der Waals surface area contributed by atoms with Gasteiger partial charge in [-0.15, -0.1) is 0 Å². The first kappa shape index (κ1) is 19.1. The van der Waals surface area contributed by atoms with Crippen molar-refractivity contribution in [2.24, 2.45) is 0 Å². The lowest BCUT2D eigenvalue weighted by Gasteiger charge is -2.21. The summed E-state index contributed by atoms with van der Waals surface area (Å²) in [4.78, 5) is 36.8. The van der Waals surface area contributed by atoms with E-state index in [0.29, 0.717) is 35.8 Å². The molecule has 3 heterocycles. The van der Waals surface area contributed by atoms with Crippen molar-refractivity contribution < 1.29 is 18.4 Å². The van der Waals surface area contributed by atoms with Gasteiger partial charge in [-0.2, -0.15) is 0 Å². The molecule has 0 spiro atoms. The number of carbonyl (C=O) groups excluding carboxylic acids is 1. The van der Waals surface area contributed by atoms with Crippen molar-refractivity contribution in [2.75, 3.05) is 18.5 Å². The maximum absolute atomic E-state index is 12.7. The van der Waals surface area contributed by atoms with Crippen LogP contribution in [-0.2, 0) is 4.74 Å². The number of hydrogen-bond donors (Lipinski definition) is 1. The van der Waals surface area contributed by atoms with Crippen molar-refractivity contribution >= 4 is 22.6 Å². The summed E-state index contributed by atoms with van der Waals surface area (Å²) in [6.07, 6.45) is 1.57. The van der Waals surface area contributed by atoms with Gasteiger partial charge in [0.2, 0.25) is 0 Å². The number of ether oxygens (including phenoxy) is 1. The van der Waals surface area contributed by atoms with Crippen molar-refractivity contribution in [2.45, 2.75) is 32.6 Å². The number of carbonyl (C=O) groups is 1. The van der Waals surface area contributed by atoms with Crippen LogP contribution in [0.15, 0.2) is 48.8 Å². The Hall–Kier alpha value is -3.19. The van der Waals surface area contributed by atoms with Crippen molar-refractivity contribution in [1.82, 2.24) is 0 Å². The number of fused-ring (bicyclic) bond motifs is 1. The van der Waals surface area contributed by atoms with E-state index in [1.54, 1.807) is 31.2 Å². The third-order valence-electron chi connectivity index (χ3n) is 5.23. The van der Waals surface area contributed by atoms with Gasteiger partial charge < -0.3 is 18.9 Å². The van der Waals surface area contributed by atoms with Gasteiger partial charge in [0.05, 0.1) is 0 Å². The molecule has 0 saturated carbocycles. The number of rotatable bonds is 3. The van der Waals surface area contributed by atoms with Gasteiger partial charge in [-0.3, -0.25) is 4.79 Å². The van der Waals surface area contributed by atoms with Crippen molar-refractivity contribution in [3.05, 3.63) is 73.6 Å². The quantitative estimate of drug-likeness (QED) is 0.682. The van der Waals surface area contributed by atoms with Crippen LogP contribution in [0.3, 0.4) is 0 Å². The molecule has 3 aromatic rings. The fourth-order valence-corrected chi connectivity index (χ4v) is 3.69. The van der Waals surface area contributed by atoms with E-state index in [-0.39, 0.29) is 11.5 Å². The molecular formula is C22H21NO6. The number of amides is 1. The molecule has 2 aromatic heterocycles. The Morgan fingerprint density at radius 3 is 2.48 bits per heavy atom. The minimum absolute atomic E-state index is 0.0356. The molecule has 0 bridgehead atoms. The highest BCUT2D eigenvalue weighted by molar-refractivity contribution is 6.05. The molecule has 7 nitrogen and oxygen atoms in total. The van der Waals surface area contributed by atoms with E-state index in [9.17, 15) is 14.4 Å². The second-order valence-electron chi connectivity index (χ2n) is 7.29. The summed E-state index contributed by atoms with van der Waals surface area (Å²) in [7, 11) is 0. The third kappa shape index (κ3) is 3.86. The van der Waals surface area contributed by atoms with Crippen molar-refractivity contribution in [3.8, 4) is 0 Å². The summed E-state index contributed by atoms with van der Waals surface area (Å²) in [6.45, 7) is 4.80. The van der Waals surface area contributed by atoms with Gasteiger partial charge in [0.25, 0.3) is 5.91 Å². The minimum Gasteiger partial charge on any atom is -0.427 e. The molecule has 1 saturated heterocycles. The lowest BCUT2D eigenvalue weighted by Crippen LogP contribution is -2.24. The smallest absolute Gasteiger partial charge is 0.349 e. The Morgan fingerprint density at radius 1 is 1.00 bits per heavy atom. The van der Waals surface area contributed by atoms with Gasteiger partial charge in [-0.05, 0) is 56.0 Å². The van der Waals surface area contributed by atoms with Gasteiger partial charge in [0.15, 0.2) is 0 Å². The molecular weight excluding hydrogens is 374 g/mol. The van der Waals surface area contributed by atoms with Crippen LogP contribution in [0.25, 0.3) is 11.0 Å². The van der Waals surface area contributed by atoms with E-state index < -0.39 is 17.2 Å². The molecule has 1 amide bonds. The monoisotopic (exact) mass is 395 g/mol. The van der Waals surface area contributed by atoms with E-state index in [0.717, 1.165) is 23.8 Å². The molecule has 7 heteroatoms. The summed E-state index contributed by atoms with van der Waals surface area (Å²) in [5.74, 6) is 0.151. The standard InChI is InChI=1S/C22H21NO6/c1-12-10-19(24)28-18-11-15(3-4-16(12)18)23-21(25)20-13(2)9-17(29-22(20)26)14-5-7-27-8-6-14/h3-4,9-11,14H,5-8H2,1-2H3,(H,23,25). The van der Waals surface area contributed by atoms with Crippen LogP contribution < -0.4 is 16.6 Å². The molecule has 0 atom stereocenters. The zero-order valence-electron chi connectivity index (χ0n) is 16.2. The number of nitrogens with one attached hydrogen (secondary N) is 1. The van der Waals surface area contributed by atoms with E-state index in [1.165, 1.54) is 6.07 Å². The molecule has 0 radical (unpaired) electrons. The predicted octanol–water partition coefficient (Wildman–Crippen LogP) is 3.51. The number of anilines is 1. The van der Waals surface area contributed by atoms with Gasteiger partial charge in [-0.25, -0.2) is 9.59 Å². The first-order chi connectivity index (χ1) is 13.9. The van der Waals surface area contributed by atoms with Crippen LogP contribution in [0.4, 0.5) is 5.69 Å². The van der Waals surface area contributed by atoms with Crippen molar-refractivity contribution in [3.63, 3.8) is 0 Å². The zero-order valence-corrected chi connectivity index (χ0v) is 16.2. The molecule has 4 rings (SSSR count). The molecule has 150 valence electrons. The topological polar surface area (TPSA) is 98.7 Å². The summed E-state index contributed by atoms with van der Waals surface area (Å²) < 4.78 is 16.0. The van der Waals surface area contributed by atoms with Crippen LogP contribution in [0.5, 0.6) is 0 Å². The molecule has 0 aliphatic carbocycles. The SMILES string of the molecule is Cc1cc(C2CCOCC2)oc(=O)c1C(=O)Nc1ccc2c(C)cc(=O)oc2c1. The van der Waals surface area contributed by atoms with E-state index in [4.69, 9.17) is 13.6 Å². The highest BCUT2D eigenvalue weighted by Gasteiger charge is 2.23. The third-order valence-corrected chi connectivity index (χ3v) is 5.23. The van der Waals surface area contributed by atoms with E-state index in [2.05, 4.69) is 5.32 Å². The zero-order chi connectivity index (χ0) is 20.5. The number of benzene rings is 1. The van der Waals surface area contributed by atoms with Gasteiger partial charge >= 0.3 is 11.3 Å². The summed E-state index contributed by atoms with van der Waals surface area (Å²) in [5, 5.41) is 3.47. The Balaban J connectivity index is 1.62. The average molecular weight is 395 g/mol. The first-order valence-corrected chi connectivity index (χ1v) is 9.50. The van der Waals surface area contributed by atoms with E-state index >= 15 is 0 Å². The second kappa shape index (κ2) is 7.67. The van der Waals surface area contributed by atoms with Gasteiger partial charge in [-0.1, -0.05) is 0 Å². The predicted molar refractivity (Wildman–Crippen MR) is 108 cm³/mol. The molecule has 1 N–H and O–H groups in total. The number of aryl methyl sites for hydroxylation is 2. The molecule has 1 aliphatic rings. The van der Waals surface area contributed by atoms with Gasteiger partial charge in [0, 0.05) is 42.3 Å². The van der Waals surface area contributed by atoms with Crippen LogP contribution in [-0.4, -0.2) is 19.1 Å². The number of hydrogen-bond acceptors (Lipinski definition) is 6. The van der Waals surface area contributed by atoms with E-state index in [1.807, 2.05) is 6.92 Å². The van der Waals surface area contributed by atoms with Gasteiger partial charge in [0.1, 0.15) is 16.9 Å². The fourth-order valence-electron chi connectivity index (χ4n) is 3.69. The molecule has 29 heavy (non-hydrogen) atoms. The van der Waals surface area contributed by atoms with Crippen LogP contribution >= 0.6 is 0 Å². The fraction of sp³-hybridized carbons (Fsp3) is 0.318. The first-order valence-electron chi connectivity index (χ1n) is 9.50. The Labute approximate surface area is 166 Å². The maximum Gasteiger partial charge on any atom is 0.349 e. The Kier molecular flexibility index (Phi) is 5.07. The highest BCUT2D eigenvalue weighted by Crippen LogP contribution is 2.27. The normalized spacial score (nSPS) is 14.8. The molecule has 1 fully saturated rings. The minimum atomic E-state index is -0.660. The highest BCUT2D eigenvalue weighted by atomic mass is 16.5. The lowest BCUT2D eigenvalue weighted by atomic mass is 9.95. The Morgan fingerprint density at radius 2 is 1.76 bits per heavy atom. The molecule has 0 unspecified atom stereocenters. The maximum atomic E-state index is 12.7. The second-order valence-corrected chi connectivity index (χ2v) is 7.29. The molecule has 1 aliphatic heterocycles. The molecule has 1 aromatic carbocycles. The van der Waals surface area contributed by atoms with Crippen LogP contribution in [0.2, 0.25) is 0 Å². The van der Waals surface area contributed by atoms with Crippen LogP contribution in [0, 0.1) is 13.8 Å². The summed E-state index contributed by atoms with van der Waals surface area (Å²) in [5.41, 5.74) is 0.977. The average Bonchev–Trinajstić information content (AvgIpc) is 2.67. The summed E-state index contributed by atoms with van der Waals surface area (Å²) in [6, 6.07) is 8.19.